The molecule has 0 radical (unpaired) electrons. The molecule has 1 aliphatic rings. The van der Waals surface area contributed by atoms with E-state index in [1.54, 1.807) is 35.4 Å². The van der Waals surface area contributed by atoms with Crippen molar-refractivity contribution in [2.75, 3.05) is 26.5 Å². The molecule has 11 heteroatoms. The molecule has 0 saturated carbocycles. The summed E-state index contributed by atoms with van der Waals surface area (Å²) in [6.45, 7) is 6.19. The smallest absolute Gasteiger partial charge is 0.410 e. The number of fused-ring (bicyclic) bond motifs is 1. The number of carbonyl (C=O) groups is 1. The number of nitrogens with zero attached hydrogens (tertiary/aromatic N) is 2. The molecule has 9 nitrogen and oxygen atoms in total. The van der Waals surface area contributed by atoms with Gasteiger partial charge < -0.3 is 24.1 Å². The summed E-state index contributed by atoms with van der Waals surface area (Å²) in [5, 5.41) is 0.153. The lowest BCUT2D eigenvalue weighted by atomic mass is 10.0. The van der Waals surface area contributed by atoms with Crippen molar-refractivity contribution >= 4 is 27.8 Å². The minimum Gasteiger partial charge on any atom is -0.496 e. The van der Waals surface area contributed by atoms with Crippen LogP contribution in [0.4, 0.5) is 9.18 Å². The van der Waals surface area contributed by atoms with E-state index < -0.39 is 33.9 Å². The van der Waals surface area contributed by atoms with E-state index in [0.717, 1.165) is 11.6 Å². The predicted octanol–water partition coefficient (Wildman–Crippen LogP) is 5.14. The van der Waals surface area contributed by atoms with Gasteiger partial charge in [0.25, 0.3) is 5.56 Å². The summed E-state index contributed by atoms with van der Waals surface area (Å²) in [6.07, 6.45) is 0.968. The lowest BCUT2D eigenvalue weighted by molar-refractivity contribution is -0.0220. The van der Waals surface area contributed by atoms with Crippen LogP contribution in [0.25, 0.3) is 33.4 Å². The van der Waals surface area contributed by atoms with E-state index in [9.17, 15) is 18.2 Å². The molecule has 1 aliphatic heterocycles. The first kappa shape index (κ1) is 28.3. The molecular formula is C30H30FN3O6S. The number of benzene rings is 3. The van der Waals surface area contributed by atoms with E-state index in [1.165, 1.54) is 13.2 Å². The number of H-pyrrole nitrogens is 1. The van der Waals surface area contributed by atoms with Crippen LogP contribution in [0.5, 0.6) is 11.5 Å². The molecule has 0 bridgehead atoms. The van der Waals surface area contributed by atoms with E-state index in [0.29, 0.717) is 34.9 Å². The van der Waals surface area contributed by atoms with Crippen LogP contribution in [0.1, 0.15) is 20.8 Å². The number of nitrogens with one attached hydrogen (secondary N) is 1. The zero-order valence-electron chi connectivity index (χ0n) is 23.3. The maximum atomic E-state index is 14.2. The average Bonchev–Trinajstić information content (AvgIpc) is 2.88. The number of aromatic nitrogens is 2. The summed E-state index contributed by atoms with van der Waals surface area (Å²) < 4.78 is 43.0. The molecule has 0 aliphatic carbocycles. The highest BCUT2D eigenvalue weighted by molar-refractivity contribution is 7.84. The Morgan fingerprint density at radius 1 is 1.05 bits per heavy atom. The van der Waals surface area contributed by atoms with E-state index in [4.69, 9.17) is 14.2 Å². The molecule has 1 aromatic heterocycles. The van der Waals surface area contributed by atoms with Crippen molar-refractivity contribution in [2.24, 2.45) is 0 Å². The van der Waals surface area contributed by atoms with Crippen molar-refractivity contribution in [1.82, 2.24) is 14.9 Å². The third kappa shape index (κ3) is 6.09. The van der Waals surface area contributed by atoms with Gasteiger partial charge in [-0.15, -0.1) is 0 Å². The Labute approximate surface area is 238 Å². The molecule has 41 heavy (non-hydrogen) atoms. The summed E-state index contributed by atoms with van der Waals surface area (Å²) in [4.78, 5) is 34.8. The van der Waals surface area contributed by atoms with Gasteiger partial charge in [0.2, 0.25) is 0 Å². The second kappa shape index (κ2) is 11.0. The van der Waals surface area contributed by atoms with Crippen LogP contribution in [0.2, 0.25) is 0 Å². The Balaban J connectivity index is 1.50. The van der Waals surface area contributed by atoms with Gasteiger partial charge in [0.1, 0.15) is 40.2 Å². The zero-order valence-corrected chi connectivity index (χ0v) is 24.1. The normalized spacial score (nSPS) is 14.4. The summed E-state index contributed by atoms with van der Waals surface area (Å²) >= 11 is 0. The van der Waals surface area contributed by atoms with E-state index in [1.807, 2.05) is 39.0 Å². The van der Waals surface area contributed by atoms with Crippen molar-refractivity contribution in [3.8, 4) is 34.0 Å². The van der Waals surface area contributed by atoms with Gasteiger partial charge in [0, 0.05) is 45.2 Å². The maximum absolute atomic E-state index is 14.2. The van der Waals surface area contributed by atoms with Crippen molar-refractivity contribution < 1.29 is 27.6 Å². The van der Waals surface area contributed by atoms with Gasteiger partial charge in [-0.25, -0.2) is 14.2 Å². The van der Waals surface area contributed by atoms with E-state index in [2.05, 4.69) is 9.97 Å². The Kier molecular flexibility index (Phi) is 7.56. The van der Waals surface area contributed by atoms with Crippen molar-refractivity contribution in [1.29, 1.82) is 0 Å². The van der Waals surface area contributed by atoms with Crippen LogP contribution in [-0.2, 0) is 15.5 Å². The molecule has 1 saturated heterocycles. The average molecular weight is 580 g/mol. The first-order valence-electron chi connectivity index (χ1n) is 12.9. The highest BCUT2D eigenvalue weighted by Gasteiger charge is 2.35. The minimum atomic E-state index is -1.14. The van der Waals surface area contributed by atoms with Crippen LogP contribution in [-0.4, -0.2) is 63.3 Å². The fraction of sp³-hybridized carbons (Fsp3) is 0.300. The van der Waals surface area contributed by atoms with Gasteiger partial charge in [0.15, 0.2) is 0 Å². The summed E-state index contributed by atoms with van der Waals surface area (Å²) in [5.74, 6) is 0.328. The number of ether oxygens (including phenoxy) is 3. The van der Waals surface area contributed by atoms with Gasteiger partial charge in [-0.2, -0.15) is 0 Å². The molecule has 3 aromatic carbocycles. The lowest BCUT2D eigenvalue weighted by Gasteiger charge is -2.39. The quantitative estimate of drug-likeness (QED) is 0.337. The van der Waals surface area contributed by atoms with Gasteiger partial charge in [-0.1, -0.05) is 12.1 Å². The number of hydrogen-bond donors (Lipinski definition) is 1. The number of rotatable bonds is 6. The van der Waals surface area contributed by atoms with Gasteiger partial charge in [-0.05, 0) is 56.7 Å². The molecule has 1 fully saturated rings. The van der Waals surface area contributed by atoms with Crippen LogP contribution >= 0.6 is 0 Å². The van der Waals surface area contributed by atoms with Gasteiger partial charge in [-0.3, -0.25) is 9.00 Å². The van der Waals surface area contributed by atoms with Crippen molar-refractivity contribution in [3.05, 3.63) is 70.8 Å². The third-order valence-electron chi connectivity index (χ3n) is 6.50. The molecule has 2 heterocycles. The molecule has 5 rings (SSSR count). The fourth-order valence-corrected chi connectivity index (χ4v) is 5.02. The highest BCUT2D eigenvalue weighted by Crippen LogP contribution is 2.36. The summed E-state index contributed by atoms with van der Waals surface area (Å²) in [5.41, 5.74) is 1.17. The van der Waals surface area contributed by atoms with Crippen LogP contribution in [0.15, 0.2) is 64.3 Å². The molecule has 0 spiro atoms. The number of halogens is 1. The van der Waals surface area contributed by atoms with Crippen LogP contribution < -0.4 is 15.0 Å². The zero-order chi connectivity index (χ0) is 29.5. The Hall–Kier alpha value is -4.25. The maximum Gasteiger partial charge on any atom is 0.410 e. The van der Waals surface area contributed by atoms with Gasteiger partial charge in [0.05, 0.1) is 25.7 Å². The largest absolute Gasteiger partial charge is 0.496 e. The summed E-state index contributed by atoms with van der Waals surface area (Å²) in [6, 6.07) is 14.9. The van der Waals surface area contributed by atoms with E-state index in [-0.39, 0.29) is 28.6 Å². The number of likely N-dealkylation sites (tertiary alicyclic amines) is 1. The number of methoxy groups -OCH3 is 1. The molecule has 1 N–H and O–H groups in total. The predicted molar refractivity (Wildman–Crippen MR) is 154 cm³/mol. The SMILES string of the molecule is COc1cc(F)cc2nc(-c3ccc(OC4CN(C(=O)OC(C)(C)C)C4)c(-c4ccc(S(C)=O)cc4)c3)[nH]c(=O)c12. The Morgan fingerprint density at radius 3 is 2.37 bits per heavy atom. The lowest BCUT2D eigenvalue weighted by Crippen LogP contribution is -2.57. The van der Waals surface area contributed by atoms with Crippen molar-refractivity contribution in [3.63, 3.8) is 0 Å². The van der Waals surface area contributed by atoms with Gasteiger partial charge >= 0.3 is 6.09 Å². The molecule has 1 atom stereocenters. The molecule has 1 amide bonds. The molecular weight excluding hydrogens is 549 g/mol. The minimum absolute atomic E-state index is 0.0964. The molecule has 4 aromatic rings. The Morgan fingerprint density at radius 2 is 1.73 bits per heavy atom. The van der Waals surface area contributed by atoms with E-state index >= 15 is 0 Å². The molecule has 1 unspecified atom stereocenters. The highest BCUT2D eigenvalue weighted by atomic mass is 32.2. The Bertz CT molecular complexity index is 1710. The third-order valence-corrected chi connectivity index (χ3v) is 7.44. The second-order valence-electron chi connectivity index (χ2n) is 10.7. The van der Waals surface area contributed by atoms with Crippen molar-refractivity contribution in [2.45, 2.75) is 37.4 Å². The monoisotopic (exact) mass is 579 g/mol. The van der Waals surface area contributed by atoms with Crippen LogP contribution in [0, 0.1) is 5.82 Å². The first-order valence-corrected chi connectivity index (χ1v) is 14.5. The second-order valence-corrected chi connectivity index (χ2v) is 12.1. The summed E-state index contributed by atoms with van der Waals surface area (Å²) in [7, 11) is 0.219. The topological polar surface area (TPSA) is 111 Å². The molecule has 214 valence electrons. The fourth-order valence-electron chi connectivity index (χ4n) is 4.50. The number of hydrogen-bond acceptors (Lipinski definition) is 7. The number of aromatic amines is 1. The standard InChI is InChI=1S/C30H30FN3O6S/c1-30(2,3)40-29(36)34-15-20(16-34)39-24-11-8-18(12-22(24)17-6-9-21(10-7-17)41(5)37)27-32-23-13-19(31)14-25(38-4)26(23)28(35)33-27/h6-14,20H,15-16H2,1-5H3,(H,32,33,35). The van der Waals surface area contributed by atoms with Crippen LogP contribution in [0.3, 0.4) is 0 Å². The number of carbonyl (C=O) groups excluding carboxylic acids is 1. The first-order chi connectivity index (χ1) is 19.4. The number of amides is 1.